The van der Waals surface area contributed by atoms with E-state index < -0.39 is 18.6 Å². The predicted octanol–water partition coefficient (Wildman–Crippen LogP) is 2.18. The van der Waals surface area contributed by atoms with Crippen LogP contribution in [0.2, 0.25) is 0 Å². The van der Waals surface area contributed by atoms with E-state index in [4.69, 9.17) is 4.42 Å². The zero-order valence-corrected chi connectivity index (χ0v) is 9.33. The molecule has 0 spiro atoms. The molecule has 2 heterocycles. The van der Waals surface area contributed by atoms with Crippen molar-refractivity contribution in [2.75, 3.05) is 26.2 Å². The molecule has 1 saturated heterocycles. The number of rotatable bonds is 3. The van der Waals surface area contributed by atoms with E-state index in [1.807, 2.05) is 4.90 Å². The van der Waals surface area contributed by atoms with Gasteiger partial charge in [0.25, 0.3) is 0 Å². The summed E-state index contributed by atoms with van der Waals surface area (Å²) in [6, 6.07) is 0.981. The predicted molar refractivity (Wildman–Crippen MR) is 56.6 cm³/mol. The van der Waals surface area contributed by atoms with Crippen LogP contribution in [0.15, 0.2) is 23.0 Å². The van der Waals surface area contributed by atoms with Crippen molar-refractivity contribution in [1.82, 2.24) is 10.2 Å². The lowest BCUT2D eigenvalue weighted by Crippen LogP contribution is -2.46. The first-order valence-electron chi connectivity index (χ1n) is 5.60. The summed E-state index contributed by atoms with van der Waals surface area (Å²) in [7, 11) is 0. The molecule has 0 aliphatic carbocycles. The Labute approximate surface area is 97.6 Å². The largest absolute Gasteiger partial charge is 0.472 e. The number of alkyl halides is 3. The number of piperazine rings is 1. The lowest BCUT2D eigenvalue weighted by atomic mass is 10.0. The molecule has 2 rings (SSSR count). The van der Waals surface area contributed by atoms with Crippen LogP contribution in [0.3, 0.4) is 0 Å². The summed E-state index contributed by atoms with van der Waals surface area (Å²) in [5, 5.41) is 3.13. The maximum absolute atomic E-state index is 12.6. The number of hydrogen-bond acceptors (Lipinski definition) is 3. The Hall–Kier alpha value is -1.01. The molecular formula is C11H15F3N2O. The Morgan fingerprint density at radius 3 is 2.59 bits per heavy atom. The van der Waals surface area contributed by atoms with Crippen molar-refractivity contribution >= 4 is 0 Å². The number of nitrogens with one attached hydrogen (secondary N) is 1. The zero-order chi connectivity index (χ0) is 12.3. The molecule has 0 bridgehead atoms. The molecule has 6 heteroatoms. The second-order valence-electron chi connectivity index (χ2n) is 4.18. The first-order valence-corrected chi connectivity index (χ1v) is 5.60. The maximum Gasteiger partial charge on any atom is 0.390 e. The fourth-order valence-corrected chi connectivity index (χ4v) is 2.14. The highest BCUT2D eigenvalue weighted by molar-refractivity contribution is 5.12. The Morgan fingerprint density at radius 2 is 2.06 bits per heavy atom. The molecule has 1 aromatic rings. The van der Waals surface area contributed by atoms with Gasteiger partial charge in [-0.25, -0.2) is 0 Å². The third-order valence-corrected chi connectivity index (χ3v) is 2.95. The van der Waals surface area contributed by atoms with Crippen LogP contribution in [0, 0.1) is 0 Å². The van der Waals surface area contributed by atoms with Gasteiger partial charge in [-0.3, -0.25) is 4.90 Å². The van der Waals surface area contributed by atoms with Crippen molar-refractivity contribution in [3.8, 4) is 0 Å². The quantitative estimate of drug-likeness (QED) is 0.888. The average Bonchev–Trinajstić information content (AvgIpc) is 2.79. The van der Waals surface area contributed by atoms with Crippen LogP contribution in [-0.4, -0.2) is 37.3 Å². The molecule has 1 aliphatic heterocycles. The van der Waals surface area contributed by atoms with Crippen LogP contribution in [0.5, 0.6) is 0 Å². The molecule has 0 radical (unpaired) electrons. The highest BCUT2D eigenvalue weighted by atomic mass is 19.4. The molecule has 96 valence electrons. The summed E-state index contributed by atoms with van der Waals surface area (Å²) < 4.78 is 42.6. The second kappa shape index (κ2) is 5.10. The van der Waals surface area contributed by atoms with Gasteiger partial charge < -0.3 is 9.73 Å². The van der Waals surface area contributed by atoms with E-state index in [0.29, 0.717) is 18.7 Å². The summed E-state index contributed by atoms with van der Waals surface area (Å²) in [6.45, 7) is 2.72. The number of nitrogens with zero attached hydrogens (tertiary/aromatic N) is 1. The minimum absolute atomic E-state index is 0.601. The lowest BCUT2D eigenvalue weighted by Gasteiger charge is -2.34. The second-order valence-corrected chi connectivity index (χ2v) is 4.18. The summed E-state index contributed by atoms with van der Waals surface area (Å²) in [5.41, 5.74) is 0.601. The van der Waals surface area contributed by atoms with Crippen molar-refractivity contribution in [3.63, 3.8) is 0 Å². The Balaban J connectivity index is 2.12. The molecule has 1 N–H and O–H groups in total. The van der Waals surface area contributed by atoms with Gasteiger partial charge in [-0.05, 0) is 6.07 Å². The number of furan rings is 1. The minimum atomic E-state index is -4.16. The van der Waals surface area contributed by atoms with E-state index >= 15 is 0 Å². The third kappa shape index (κ3) is 3.47. The third-order valence-electron chi connectivity index (χ3n) is 2.95. The molecule has 0 unspecified atom stereocenters. The van der Waals surface area contributed by atoms with E-state index in [1.165, 1.54) is 12.5 Å². The minimum Gasteiger partial charge on any atom is -0.472 e. The number of hydrogen-bond donors (Lipinski definition) is 1. The van der Waals surface area contributed by atoms with Gasteiger partial charge in [0.15, 0.2) is 0 Å². The standard InChI is InChI=1S/C11H15F3N2O/c12-11(13,14)7-10(9-1-6-17-8-9)16-4-2-15-3-5-16/h1,6,8,10,15H,2-5,7H2/t10-/m1/s1. The van der Waals surface area contributed by atoms with Gasteiger partial charge in [-0.1, -0.05) is 0 Å². The monoisotopic (exact) mass is 248 g/mol. The first kappa shape index (κ1) is 12.4. The topological polar surface area (TPSA) is 28.4 Å². The fourth-order valence-electron chi connectivity index (χ4n) is 2.14. The van der Waals surface area contributed by atoms with Crippen LogP contribution in [-0.2, 0) is 0 Å². The van der Waals surface area contributed by atoms with Crippen molar-refractivity contribution in [2.24, 2.45) is 0 Å². The van der Waals surface area contributed by atoms with E-state index in [0.717, 1.165) is 13.1 Å². The van der Waals surface area contributed by atoms with Gasteiger partial charge in [-0.2, -0.15) is 13.2 Å². The van der Waals surface area contributed by atoms with E-state index in [1.54, 1.807) is 6.07 Å². The highest BCUT2D eigenvalue weighted by Gasteiger charge is 2.36. The Kier molecular flexibility index (Phi) is 3.73. The lowest BCUT2D eigenvalue weighted by molar-refractivity contribution is -0.148. The number of halogens is 3. The van der Waals surface area contributed by atoms with Crippen molar-refractivity contribution in [1.29, 1.82) is 0 Å². The molecule has 0 aromatic carbocycles. The highest BCUT2D eigenvalue weighted by Crippen LogP contribution is 2.34. The van der Waals surface area contributed by atoms with E-state index in [9.17, 15) is 13.2 Å². The molecule has 3 nitrogen and oxygen atoms in total. The smallest absolute Gasteiger partial charge is 0.390 e. The normalized spacial score (nSPS) is 20.4. The summed E-state index contributed by atoms with van der Waals surface area (Å²) in [5.74, 6) is 0. The molecule has 1 atom stereocenters. The van der Waals surface area contributed by atoms with Gasteiger partial charge in [0.05, 0.1) is 18.9 Å². The molecule has 1 aliphatic rings. The molecule has 17 heavy (non-hydrogen) atoms. The fraction of sp³-hybridized carbons (Fsp3) is 0.636. The first-order chi connectivity index (χ1) is 8.06. The van der Waals surface area contributed by atoms with Crippen molar-refractivity contribution in [3.05, 3.63) is 24.2 Å². The summed E-state index contributed by atoms with van der Waals surface area (Å²) in [6.07, 6.45) is -2.17. The summed E-state index contributed by atoms with van der Waals surface area (Å²) in [4.78, 5) is 1.86. The van der Waals surface area contributed by atoms with Gasteiger partial charge in [0.2, 0.25) is 0 Å². The van der Waals surface area contributed by atoms with Crippen molar-refractivity contribution in [2.45, 2.75) is 18.6 Å². The molecule has 1 fully saturated rings. The Bertz CT molecular complexity index is 331. The molecule has 1 aromatic heterocycles. The van der Waals surface area contributed by atoms with Crippen LogP contribution >= 0.6 is 0 Å². The van der Waals surface area contributed by atoms with Crippen LogP contribution in [0.1, 0.15) is 18.0 Å². The van der Waals surface area contributed by atoms with Crippen molar-refractivity contribution < 1.29 is 17.6 Å². The summed E-state index contributed by atoms with van der Waals surface area (Å²) >= 11 is 0. The van der Waals surface area contributed by atoms with Crippen LogP contribution in [0.25, 0.3) is 0 Å². The average molecular weight is 248 g/mol. The SMILES string of the molecule is FC(F)(F)C[C@H](c1ccoc1)N1CCNCC1. The van der Waals surface area contributed by atoms with E-state index in [-0.39, 0.29) is 0 Å². The van der Waals surface area contributed by atoms with Gasteiger partial charge >= 0.3 is 6.18 Å². The van der Waals surface area contributed by atoms with Gasteiger partial charge in [-0.15, -0.1) is 0 Å². The molecular weight excluding hydrogens is 233 g/mol. The van der Waals surface area contributed by atoms with Crippen LogP contribution in [0.4, 0.5) is 13.2 Å². The van der Waals surface area contributed by atoms with Gasteiger partial charge in [0.1, 0.15) is 0 Å². The van der Waals surface area contributed by atoms with Gasteiger partial charge in [0, 0.05) is 37.8 Å². The molecule has 0 amide bonds. The van der Waals surface area contributed by atoms with E-state index in [2.05, 4.69) is 5.32 Å². The zero-order valence-electron chi connectivity index (χ0n) is 9.33. The Morgan fingerprint density at radius 1 is 1.35 bits per heavy atom. The molecule has 0 saturated carbocycles. The maximum atomic E-state index is 12.6. The van der Waals surface area contributed by atoms with Crippen LogP contribution < -0.4 is 5.32 Å².